The molecule has 1 rings (SSSR count). The monoisotopic (exact) mass is 243 g/mol. The number of hydrogen-bond acceptors (Lipinski definition) is 5. The summed E-state index contributed by atoms with van der Waals surface area (Å²) in [6.45, 7) is 1.11. The van der Waals surface area contributed by atoms with Crippen molar-refractivity contribution in [3.63, 3.8) is 0 Å². The number of ether oxygens (including phenoxy) is 1. The number of benzene rings is 1. The lowest BCUT2D eigenvalue weighted by molar-refractivity contribution is -0.143. The molecule has 2 N–H and O–H groups in total. The van der Waals surface area contributed by atoms with Crippen molar-refractivity contribution in [1.29, 1.82) is 0 Å². The number of nitrogens with two attached hydrogens (primary N) is 1. The molecule has 0 fully saturated rings. The molecule has 0 heterocycles. The minimum atomic E-state index is -3.95. The lowest BCUT2D eigenvalue weighted by Crippen LogP contribution is -2.52. The van der Waals surface area contributed by atoms with Gasteiger partial charge in [-0.3, -0.25) is 0 Å². The average molecular weight is 243 g/mol. The summed E-state index contributed by atoms with van der Waals surface area (Å²) in [5, 5.41) is 0. The molecule has 0 aromatic heterocycles. The summed E-state index contributed by atoms with van der Waals surface area (Å²) in [5.41, 5.74) is 5.52. The van der Waals surface area contributed by atoms with Crippen LogP contribution in [0.3, 0.4) is 0 Å². The van der Waals surface area contributed by atoms with E-state index in [9.17, 15) is 13.2 Å². The van der Waals surface area contributed by atoms with Crippen LogP contribution in [0.4, 0.5) is 0 Å². The van der Waals surface area contributed by atoms with Gasteiger partial charge in [-0.25, -0.2) is 13.2 Å². The first-order chi connectivity index (χ1) is 7.34. The Morgan fingerprint density at radius 1 is 1.31 bits per heavy atom. The van der Waals surface area contributed by atoms with Gasteiger partial charge in [-0.1, -0.05) is 18.2 Å². The summed E-state index contributed by atoms with van der Waals surface area (Å²) in [4.78, 5) is 9.24. The molecule has 0 spiro atoms. The third-order valence-electron chi connectivity index (χ3n) is 2.20. The highest BCUT2D eigenvalue weighted by atomic mass is 32.2. The molecule has 1 aromatic rings. The van der Waals surface area contributed by atoms with E-state index in [0.29, 0.717) is 0 Å². The molecule has 0 aliphatic heterocycles. The fourth-order valence-electron chi connectivity index (χ4n) is 1.16. The smallest absolute Gasteiger partial charge is 0.341 e. The molecule has 1 aromatic carbocycles. The van der Waals surface area contributed by atoms with Crippen molar-refractivity contribution in [2.75, 3.05) is 7.11 Å². The van der Waals surface area contributed by atoms with Gasteiger partial charge in [0.05, 0.1) is 12.0 Å². The molecular formula is C10H13NO4S. The maximum absolute atomic E-state index is 12.0. The molecule has 0 aliphatic rings. The molecule has 88 valence electrons. The van der Waals surface area contributed by atoms with Gasteiger partial charge in [0.1, 0.15) is 0 Å². The molecular weight excluding hydrogens is 230 g/mol. The van der Waals surface area contributed by atoms with Crippen LogP contribution in [0, 0.1) is 0 Å². The van der Waals surface area contributed by atoms with E-state index in [1.807, 2.05) is 0 Å². The SMILES string of the molecule is COC(=O)C(C)(N)S(=O)(=O)c1ccccc1. The van der Waals surface area contributed by atoms with Gasteiger partial charge in [-0.2, -0.15) is 0 Å². The molecule has 1 unspecified atom stereocenters. The molecule has 0 aliphatic carbocycles. The van der Waals surface area contributed by atoms with Gasteiger partial charge in [0.25, 0.3) is 0 Å². The Balaban J connectivity index is 3.28. The summed E-state index contributed by atoms with van der Waals surface area (Å²) in [7, 11) is -2.86. The molecule has 0 amide bonds. The highest BCUT2D eigenvalue weighted by molar-refractivity contribution is 7.93. The number of esters is 1. The van der Waals surface area contributed by atoms with E-state index >= 15 is 0 Å². The maximum atomic E-state index is 12.0. The maximum Gasteiger partial charge on any atom is 0.341 e. The number of hydrogen-bond donors (Lipinski definition) is 1. The van der Waals surface area contributed by atoms with Crippen LogP contribution in [0.2, 0.25) is 0 Å². The molecule has 5 nitrogen and oxygen atoms in total. The van der Waals surface area contributed by atoms with E-state index in [2.05, 4.69) is 4.74 Å². The Kier molecular flexibility index (Phi) is 3.35. The third kappa shape index (κ3) is 1.94. The van der Waals surface area contributed by atoms with E-state index in [1.54, 1.807) is 18.2 Å². The van der Waals surface area contributed by atoms with E-state index < -0.39 is 20.7 Å². The second-order valence-corrected chi connectivity index (χ2v) is 5.74. The van der Waals surface area contributed by atoms with Gasteiger partial charge in [-0.15, -0.1) is 0 Å². The number of rotatable bonds is 3. The van der Waals surface area contributed by atoms with Gasteiger partial charge in [-0.05, 0) is 19.1 Å². The van der Waals surface area contributed by atoms with Crippen LogP contribution < -0.4 is 5.73 Å². The van der Waals surface area contributed by atoms with Crippen LogP contribution in [0.25, 0.3) is 0 Å². The van der Waals surface area contributed by atoms with E-state index in [4.69, 9.17) is 5.73 Å². The van der Waals surface area contributed by atoms with E-state index in [1.165, 1.54) is 12.1 Å². The van der Waals surface area contributed by atoms with Crippen LogP contribution >= 0.6 is 0 Å². The average Bonchev–Trinajstić information content (AvgIpc) is 2.28. The van der Waals surface area contributed by atoms with Crippen molar-refractivity contribution < 1.29 is 17.9 Å². The standard InChI is InChI=1S/C10H13NO4S/c1-10(11,9(12)15-2)16(13,14)8-6-4-3-5-7-8/h3-7H,11H2,1-2H3. The first-order valence-corrected chi connectivity index (χ1v) is 5.99. The number of methoxy groups -OCH3 is 1. The van der Waals surface area contributed by atoms with Crippen LogP contribution in [0.15, 0.2) is 35.2 Å². The van der Waals surface area contributed by atoms with Crippen molar-refractivity contribution >= 4 is 15.8 Å². The summed E-state index contributed by atoms with van der Waals surface area (Å²) in [6.07, 6.45) is 0. The number of carbonyl (C=O) groups is 1. The Labute approximate surface area is 94.1 Å². The number of sulfone groups is 1. The van der Waals surface area contributed by atoms with Crippen LogP contribution in [-0.2, 0) is 19.4 Å². The minimum Gasteiger partial charge on any atom is -0.467 e. The summed E-state index contributed by atoms with van der Waals surface area (Å²) in [5.74, 6) is -0.989. The minimum absolute atomic E-state index is 0.00889. The van der Waals surface area contributed by atoms with Gasteiger partial charge in [0.15, 0.2) is 0 Å². The second kappa shape index (κ2) is 4.23. The first-order valence-electron chi connectivity index (χ1n) is 4.51. The van der Waals surface area contributed by atoms with Gasteiger partial charge in [0, 0.05) is 0 Å². The van der Waals surface area contributed by atoms with Crippen molar-refractivity contribution in [3.8, 4) is 0 Å². The Morgan fingerprint density at radius 3 is 2.25 bits per heavy atom. The topological polar surface area (TPSA) is 86.5 Å². The van der Waals surface area contributed by atoms with Crippen molar-refractivity contribution in [2.45, 2.75) is 16.7 Å². The van der Waals surface area contributed by atoms with Crippen molar-refractivity contribution in [2.24, 2.45) is 5.73 Å². The quantitative estimate of drug-likeness (QED) is 0.772. The number of carbonyl (C=O) groups excluding carboxylic acids is 1. The van der Waals surface area contributed by atoms with Gasteiger partial charge in [0.2, 0.25) is 14.7 Å². The van der Waals surface area contributed by atoms with Crippen LogP contribution in [0.1, 0.15) is 6.92 Å². The summed E-state index contributed by atoms with van der Waals surface area (Å²) >= 11 is 0. The van der Waals surface area contributed by atoms with E-state index in [-0.39, 0.29) is 4.90 Å². The molecule has 1 atom stereocenters. The van der Waals surface area contributed by atoms with E-state index in [0.717, 1.165) is 14.0 Å². The van der Waals surface area contributed by atoms with Crippen LogP contribution in [0.5, 0.6) is 0 Å². The zero-order valence-corrected chi connectivity index (χ0v) is 9.82. The summed E-state index contributed by atoms with van der Waals surface area (Å²) in [6, 6.07) is 7.54. The predicted molar refractivity (Wildman–Crippen MR) is 58.2 cm³/mol. The highest BCUT2D eigenvalue weighted by Crippen LogP contribution is 2.21. The van der Waals surface area contributed by atoms with Gasteiger partial charge >= 0.3 is 5.97 Å². The van der Waals surface area contributed by atoms with Crippen LogP contribution in [-0.4, -0.2) is 26.4 Å². The third-order valence-corrected chi connectivity index (χ3v) is 4.38. The fourth-order valence-corrected chi connectivity index (χ4v) is 2.46. The Bertz CT molecular complexity index is 479. The van der Waals surface area contributed by atoms with Gasteiger partial charge < -0.3 is 10.5 Å². The first kappa shape index (κ1) is 12.7. The van der Waals surface area contributed by atoms with Crippen molar-refractivity contribution in [1.82, 2.24) is 0 Å². The highest BCUT2D eigenvalue weighted by Gasteiger charge is 2.44. The molecule has 0 saturated carbocycles. The largest absolute Gasteiger partial charge is 0.467 e. The molecule has 0 radical (unpaired) electrons. The lowest BCUT2D eigenvalue weighted by Gasteiger charge is -2.21. The molecule has 0 saturated heterocycles. The second-order valence-electron chi connectivity index (χ2n) is 3.42. The predicted octanol–water partition coefficient (Wildman–Crippen LogP) is 0.308. The Morgan fingerprint density at radius 2 is 1.81 bits per heavy atom. The molecule has 16 heavy (non-hydrogen) atoms. The summed E-state index contributed by atoms with van der Waals surface area (Å²) < 4.78 is 28.4. The fraction of sp³-hybridized carbons (Fsp3) is 0.300. The normalized spacial score (nSPS) is 15.2. The lowest BCUT2D eigenvalue weighted by atomic mass is 10.3. The zero-order chi connectivity index (χ0) is 12.4. The molecule has 6 heteroatoms. The zero-order valence-electron chi connectivity index (χ0n) is 9.01. The Hall–Kier alpha value is -1.40. The van der Waals surface area contributed by atoms with Crippen molar-refractivity contribution in [3.05, 3.63) is 30.3 Å². The molecule has 0 bridgehead atoms.